The Balaban J connectivity index is 0.000000861. The maximum Gasteiger partial charge on any atom is 0.0657 e. The highest BCUT2D eigenvalue weighted by Gasteiger charge is 2.14. The molecule has 0 amide bonds. The monoisotopic (exact) mass is 258 g/mol. The lowest BCUT2D eigenvalue weighted by molar-refractivity contribution is 0.714. The zero-order valence-corrected chi connectivity index (χ0v) is 13.0. The van der Waals surface area contributed by atoms with Crippen molar-refractivity contribution in [1.82, 2.24) is 9.78 Å². The molecule has 2 rings (SSSR count). The van der Waals surface area contributed by atoms with Crippen LogP contribution in [0.4, 0.5) is 0 Å². The van der Waals surface area contributed by atoms with Crippen molar-refractivity contribution in [3.8, 4) is 5.69 Å². The quantitative estimate of drug-likeness (QED) is 0.745. The Morgan fingerprint density at radius 1 is 0.895 bits per heavy atom. The van der Waals surface area contributed by atoms with Crippen LogP contribution in [0, 0.1) is 0 Å². The number of benzene rings is 1. The summed E-state index contributed by atoms with van der Waals surface area (Å²) in [5.74, 6) is 0.952. The normalized spacial score (nSPS) is 10.5. The van der Waals surface area contributed by atoms with E-state index in [1.807, 2.05) is 19.9 Å². The van der Waals surface area contributed by atoms with E-state index in [1.165, 1.54) is 5.69 Å². The summed E-state index contributed by atoms with van der Waals surface area (Å²) in [6.07, 6.45) is 0. The van der Waals surface area contributed by atoms with E-state index in [0.717, 1.165) is 11.4 Å². The van der Waals surface area contributed by atoms with Crippen LogP contribution >= 0.6 is 0 Å². The van der Waals surface area contributed by atoms with Gasteiger partial charge in [-0.25, -0.2) is 4.68 Å². The highest BCUT2D eigenvalue weighted by Crippen LogP contribution is 2.23. The van der Waals surface area contributed by atoms with E-state index in [0.29, 0.717) is 11.8 Å². The fourth-order valence-electron chi connectivity index (χ4n) is 1.88. The van der Waals surface area contributed by atoms with E-state index in [-0.39, 0.29) is 0 Å². The van der Waals surface area contributed by atoms with Crippen LogP contribution in [0.3, 0.4) is 0 Å². The first-order chi connectivity index (χ1) is 9.09. The molecule has 19 heavy (non-hydrogen) atoms. The molecule has 2 heteroatoms. The van der Waals surface area contributed by atoms with Crippen molar-refractivity contribution in [2.45, 2.75) is 53.4 Å². The summed E-state index contributed by atoms with van der Waals surface area (Å²) >= 11 is 0. The number of rotatable bonds is 3. The smallest absolute Gasteiger partial charge is 0.0657 e. The maximum atomic E-state index is 4.72. The van der Waals surface area contributed by atoms with E-state index in [4.69, 9.17) is 5.10 Å². The van der Waals surface area contributed by atoms with Gasteiger partial charge in [0.15, 0.2) is 0 Å². The van der Waals surface area contributed by atoms with Gasteiger partial charge in [0.1, 0.15) is 0 Å². The average Bonchev–Trinajstić information content (AvgIpc) is 2.87. The van der Waals surface area contributed by atoms with Gasteiger partial charge in [0, 0.05) is 5.69 Å². The van der Waals surface area contributed by atoms with Crippen LogP contribution in [0.2, 0.25) is 0 Å². The van der Waals surface area contributed by atoms with E-state index < -0.39 is 0 Å². The van der Waals surface area contributed by atoms with Crippen molar-refractivity contribution < 1.29 is 0 Å². The molecule has 0 atom stereocenters. The highest BCUT2D eigenvalue weighted by molar-refractivity contribution is 5.34. The molecular weight excluding hydrogens is 232 g/mol. The van der Waals surface area contributed by atoms with E-state index in [2.05, 4.69) is 62.7 Å². The van der Waals surface area contributed by atoms with Gasteiger partial charge in [-0.1, -0.05) is 59.7 Å². The molecule has 0 spiro atoms. The Bertz CT molecular complexity index is 481. The molecule has 104 valence electrons. The number of hydrogen-bond donors (Lipinski definition) is 0. The summed E-state index contributed by atoms with van der Waals surface area (Å²) in [5.41, 5.74) is 3.58. The van der Waals surface area contributed by atoms with Gasteiger partial charge in [0.2, 0.25) is 0 Å². The molecule has 0 bridgehead atoms. The van der Waals surface area contributed by atoms with Crippen molar-refractivity contribution in [3.05, 3.63) is 47.8 Å². The Hall–Kier alpha value is -1.57. The van der Waals surface area contributed by atoms with Crippen LogP contribution in [-0.4, -0.2) is 9.78 Å². The van der Waals surface area contributed by atoms with Gasteiger partial charge in [0.05, 0.1) is 11.4 Å². The molecule has 0 saturated heterocycles. The summed E-state index contributed by atoms with van der Waals surface area (Å²) in [6.45, 7) is 12.8. The molecular formula is C17H26N2. The van der Waals surface area contributed by atoms with E-state index >= 15 is 0 Å². The number of para-hydroxylation sites is 1. The Morgan fingerprint density at radius 2 is 1.47 bits per heavy atom. The summed E-state index contributed by atoms with van der Waals surface area (Å²) in [4.78, 5) is 0. The van der Waals surface area contributed by atoms with Gasteiger partial charge in [-0.15, -0.1) is 0 Å². The second-order valence-electron chi connectivity index (χ2n) is 5.05. The molecule has 2 nitrogen and oxygen atoms in total. The van der Waals surface area contributed by atoms with Crippen molar-refractivity contribution >= 4 is 0 Å². The minimum absolute atomic E-state index is 0.470. The topological polar surface area (TPSA) is 17.8 Å². The fraction of sp³-hybridized carbons (Fsp3) is 0.471. The van der Waals surface area contributed by atoms with Crippen molar-refractivity contribution in [2.24, 2.45) is 0 Å². The predicted octanol–water partition coefficient (Wildman–Crippen LogP) is 5.15. The predicted molar refractivity (Wildman–Crippen MR) is 83.1 cm³/mol. The van der Waals surface area contributed by atoms with Gasteiger partial charge in [-0.3, -0.25) is 0 Å². The molecule has 1 aromatic carbocycles. The molecule has 0 aliphatic carbocycles. The first-order valence-corrected chi connectivity index (χ1v) is 7.25. The van der Waals surface area contributed by atoms with Crippen LogP contribution < -0.4 is 0 Å². The number of hydrogen-bond acceptors (Lipinski definition) is 1. The average molecular weight is 258 g/mol. The first kappa shape index (κ1) is 15.5. The van der Waals surface area contributed by atoms with Gasteiger partial charge < -0.3 is 0 Å². The van der Waals surface area contributed by atoms with Crippen molar-refractivity contribution in [1.29, 1.82) is 0 Å². The van der Waals surface area contributed by atoms with Crippen molar-refractivity contribution in [2.75, 3.05) is 0 Å². The second-order valence-corrected chi connectivity index (χ2v) is 5.05. The summed E-state index contributed by atoms with van der Waals surface area (Å²) < 4.78 is 2.07. The Morgan fingerprint density at radius 3 is 1.95 bits per heavy atom. The maximum absolute atomic E-state index is 4.72. The SMILES string of the molecule is CC.CC(C)c1cc(C(C)C)n(-c2ccccc2)n1. The molecule has 0 saturated carbocycles. The molecule has 1 aromatic heterocycles. The van der Waals surface area contributed by atoms with Gasteiger partial charge in [-0.05, 0) is 30.0 Å². The van der Waals surface area contributed by atoms with Crippen LogP contribution in [-0.2, 0) is 0 Å². The van der Waals surface area contributed by atoms with Gasteiger partial charge in [0.25, 0.3) is 0 Å². The molecule has 0 radical (unpaired) electrons. The lowest BCUT2D eigenvalue weighted by Crippen LogP contribution is -2.03. The summed E-state index contributed by atoms with van der Waals surface area (Å²) in [5, 5.41) is 4.72. The molecule has 2 aromatic rings. The largest absolute Gasteiger partial charge is 0.237 e. The zero-order chi connectivity index (χ0) is 14.4. The van der Waals surface area contributed by atoms with Gasteiger partial charge in [-0.2, -0.15) is 5.10 Å². The lowest BCUT2D eigenvalue weighted by Gasteiger charge is -2.09. The molecule has 0 aliphatic heterocycles. The number of aromatic nitrogens is 2. The first-order valence-electron chi connectivity index (χ1n) is 7.25. The summed E-state index contributed by atoms with van der Waals surface area (Å²) in [6, 6.07) is 12.6. The Kier molecular flexibility index (Phi) is 5.81. The minimum Gasteiger partial charge on any atom is -0.237 e. The minimum atomic E-state index is 0.470. The van der Waals surface area contributed by atoms with Crippen LogP contribution in [0.15, 0.2) is 36.4 Å². The lowest BCUT2D eigenvalue weighted by atomic mass is 10.1. The van der Waals surface area contributed by atoms with Crippen LogP contribution in [0.5, 0.6) is 0 Å². The highest BCUT2D eigenvalue weighted by atomic mass is 15.3. The molecule has 0 aliphatic rings. The fourth-order valence-corrected chi connectivity index (χ4v) is 1.88. The third-order valence-electron chi connectivity index (χ3n) is 2.94. The molecule has 1 heterocycles. The van der Waals surface area contributed by atoms with E-state index in [9.17, 15) is 0 Å². The molecule has 0 fully saturated rings. The third-order valence-corrected chi connectivity index (χ3v) is 2.94. The van der Waals surface area contributed by atoms with Crippen LogP contribution in [0.25, 0.3) is 5.69 Å². The number of nitrogens with zero attached hydrogens (tertiary/aromatic N) is 2. The second kappa shape index (κ2) is 7.13. The third kappa shape index (κ3) is 3.69. The van der Waals surface area contributed by atoms with Crippen molar-refractivity contribution in [3.63, 3.8) is 0 Å². The zero-order valence-electron chi connectivity index (χ0n) is 13.0. The Labute approximate surface area is 117 Å². The standard InChI is InChI=1S/C15H20N2.C2H6/c1-11(2)14-10-15(12(3)4)17(16-14)13-8-6-5-7-9-13;1-2/h5-12H,1-4H3;1-2H3. The van der Waals surface area contributed by atoms with Crippen LogP contribution in [0.1, 0.15) is 64.8 Å². The summed E-state index contributed by atoms with van der Waals surface area (Å²) in [7, 11) is 0. The van der Waals surface area contributed by atoms with E-state index in [1.54, 1.807) is 0 Å². The molecule has 0 unspecified atom stereocenters. The van der Waals surface area contributed by atoms with Gasteiger partial charge >= 0.3 is 0 Å². The molecule has 0 N–H and O–H groups in total.